The van der Waals surface area contributed by atoms with E-state index in [1.165, 1.54) is 25.7 Å². The number of hydrogen-bond donors (Lipinski definition) is 0. The Kier molecular flexibility index (Phi) is 5.72. The highest BCUT2D eigenvalue weighted by Gasteiger charge is 2.37. The Bertz CT molecular complexity index is 659. The summed E-state index contributed by atoms with van der Waals surface area (Å²) in [7, 11) is 0. The van der Waals surface area contributed by atoms with E-state index in [1.54, 1.807) is 12.4 Å². The fraction of sp³-hybridized carbons (Fsp3) is 0.667. The van der Waals surface area contributed by atoms with Crippen molar-refractivity contribution >= 4 is 11.8 Å². The Hall–Kier alpha value is -1.95. The van der Waals surface area contributed by atoms with Gasteiger partial charge < -0.3 is 9.80 Å². The Balaban J connectivity index is 1.32. The van der Waals surface area contributed by atoms with E-state index in [-0.39, 0.29) is 17.7 Å². The molecule has 1 aliphatic carbocycles. The van der Waals surface area contributed by atoms with Gasteiger partial charge in [-0.05, 0) is 37.0 Å². The van der Waals surface area contributed by atoms with E-state index in [1.807, 2.05) is 21.9 Å². The second-order valence-corrected chi connectivity index (χ2v) is 8.18. The zero-order valence-corrected chi connectivity index (χ0v) is 16.1. The summed E-state index contributed by atoms with van der Waals surface area (Å²) in [6, 6.07) is 4.58. The van der Waals surface area contributed by atoms with Crippen LogP contribution in [-0.4, -0.2) is 70.3 Å². The number of rotatable bonds is 4. The molecule has 0 N–H and O–H groups in total. The van der Waals surface area contributed by atoms with Crippen molar-refractivity contribution in [2.24, 2.45) is 5.92 Å². The van der Waals surface area contributed by atoms with Gasteiger partial charge in [0, 0.05) is 64.1 Å². The molecule has 0 aromatic carbocycles. The fourth-order valence-corrected chi connectivity index (χ4v) is 4.85. The van der Waals surface area contributed by atoms with Crippen molar-refractivity contribution in [1.29, 1.82) is 0 Å². The average Bonchev–Trinajstić information content (AvgIpc) is 3.27. The van der Waals surface area contributed by atoms with Gasteiger partial charge in [0.15, 0.2) is 0 Å². The molecule has 0 radical (unpaired) electrons. The second kappa shape index (κ2) is 8.38. The molecule has 0 spiro atoms. The second-order valence-electron chi connectivity index (χ2n) is 8.18. The summed E-state index contributed by atoms with van der Waals surface area (Å²) in [6.07, 6.45) is 10.2. The smallest absolute Gasteiger partial charge is 0.228 e. The van der Waals surface area contributed by atoms with Gasteiger partial charge >= 0.3 is 0 Å². The van der Waals surface area contributed by atoms with E-state index in [9.17, 15) is 9.59 Å². The van der Waals surface area contributed by atoms with Gasteiger partial charge in [-0.3, -0.25) is 19.5 Å². The van der Waals surface area contributed by atoms with Crippen molar-refractivity contribution in [3.05, 3.63) is 30.1 Å². The Morgan fingerprint density at radius 2 is 1.81 bits per heavy atom. The van der Waals surface area contributed by atoms with Crippen LogP contribution in [0, 0.1) is 5.92 Å². The maximum atomic E-state index is 13.0. The first kappa shape index (κ1) is 18.4. The standard InChI is InChI=1S/C21H30N4O2/c26-20-14-18(16-25(20)15-17-6-8-22-9-7-17)21(27)24-11-3-10-23(12-13-24)19-4-1-2-5-19/h6-9,18-19H,1-5,10-16H2/t18-/m0/s1. The fourth-order valence-electron chi connectivity index (χ4n) is 4.85. The lowest BCUT2D eigenvalue weighted by molar-refractivity contribution is -0.135. The highest BCUT2D eigenvalue weighted by atomic mass is 16.2. The lowest BCUT2D eigenvalue weighted by Gasteiger charge is -2.28. The van der Waals surface area contributed by atoms with E-state index < -0.39 is 0 Å². The third-order valence-electron chi connectivity index (χ3n) is 6.37. The minimum atomic E-state index is -0.183. The van der Waals surface area contributed by atoms with E-state index >= 15 is 0 Å². The van der Waals surface area contributed by atoms with Gasteiger partial charge in [-0.25, -0.2) is 0 Å². The summed E-state index contributed by atoms with van der Waals surface area (Å²) in [5.74, 6) is 0.0822. The van der Waals surface area contributed by atoms with Crippen LogP contribution in [0.3, 0.4) is 0 Å². The number of hydrogen-bond acceptors (Lipinski definition) is 4. The summed E-state index contributed by atoms with van der Waals surface area (Å²) in [5, 5.41) is 0. The molecule has 1 saturated carbocycles. The SMILES string of the molecule is O=C1C[C@H](C(=O)N2CCCN(C3CCCC3)CC2)CN1Cc1ccncc1. The molecule has 0 bridgehead atoms. The van der Waals surface area contributed by atoms with E-state index in [4.69, 9.17) is 0 Å². The number of likely N-dealkylation sites (tertiary alicyclic amines) is 1. The highest BCUT2D eigenvalue weighted by Crippen LogP contribution is 2.26. The quantitative estimate of drug-likeness (QED) is 0.812. The molecule has 4 rings (SSSR count). The predicted molar refractivity (Wildman–Crippen MR) is 103 cm³/mol. The topological polar surface area (TPSA) is 56.8 Å². The van der Waals surface area contributed by atoms with Crippen LogP contribution in [0.5, 0.6) is 0 Å². The summed E-state index contributed by atoms with van der Waals surface area (Å²) < 4.78 is 0. The van der Waals surface area contributed by atoms with Crippen molar-refractivity contribution in [3.63, 3.8) is 0 Å². The minimum absolute atomic E-state index is 0.0903. The first-order valence-electron chi connectivity index (χ1n) is 10.4. The van der Waals surface area contributed by atoms with E-state index in [0.717, 1.165) is 44.2 Å². The molecular weight excluding hydrogens is 340 g/mol. The van der Waals surface area contributed by atoms with Crippen LogP contribution >= 0.6 is 0 Å². The van der Waals surface area contributed by atoms with Crippen molar-refractivity contribution in [3.8, 4) is 0 Å². The number of aromatic nitrogens is 1. The maximum absolute atomic E-state index is 13.0. The van der Waals surface area contributed by atoms with Crippen molar-refractivity contribution in [1.82, 2.24) is 19.7 Å². The third-order valence-corrected chi connectivity index (χ3v) is 6.37. The molecule has 1 atom stereocenters. The molecule has 1 aromatic rings. The van der Waals surface area contributed by atoms with Gasteiger partial charge in [-0.2, -0.15) is 0 Å². The number of nitrogens with zero attached hydrogens (tertiary/aromatic N) is 4. The summed E-state index contributed by atoms with van der Waals surface area (Å²) in [6.45, 7) is 4.84. The van der Waals surface area contributed by atoms with E-state index in [0.29, 0.717) is 19.5 Å². The first-order chi connectivity index (χ1) is 13.2. The van der Waals surface area contributed by atoms with Crippen LogP contribution in [-0.2, 0) is 16.1 Å². The van der Waals surface area contributed by atoms with Gasteiger partial charge in [0.25, 0.3) is 0 Å². The van der Waals surface area contributed by atoms with Crippen LogP contribution in [0.15, 0.2) is 24.5 Å². The van der Waals surface area contributed by atoms with Crippen LogP contribution in [0.1, 0.15) is 44.1 Å². The van der Waals surface area contributed by atoms with Gasteiger partial charge in [0.1, 0.15) is 0 Å². The summed E-state index contributed by atoms with van der Waals surface area (Å²) >= 11 is 0. The molecule has 6 nitrogen and oxygen atoms in total. The lowest BCUT2D eigenvalue weighted by Crippen LogP contribution is -2.41. The van der Waals surface area contributed by atoms with Gasteiger partial charge in [-0.1, -0.05) is 12.8 Å². The lowest BCUT2D eigenvalue weighted by atomic mass is 10.1. The highest BCUT2D eigenvalue weighted by molar-refractivity contribution is 5.89. The predicted octanol–water partition coefficient (Wildman–Crippen LogP) is 1.91. The number of carbonyl (C=O) groups excluding carboxylic acids is 2. The third kappa shape index (κ3) is 4.32. The molecular formula is C21H30N4O2. The summed E-state index contributed by atoms with van der Waals surface area (Å²) in [4.78, 5) is 35.9. The zero-order chi connectivity index (χ0) is 18.6. The normalized spacial score (nSPS) is 25.2. The minimum Gasteiger partial charge on any atom is -0.341 e. The molecule has 3 aliphatic rings. The molecule has 1 aromatic heterocycles. The van der Waals surface area contributed by atoms with E-state index in [2.05, 4.69) is 9.88 Å². The molecule has 3 fully saturated rings. The monoisotopic (exact) mass is 370 g/mol. The zero-order valence-electron chi connectivity index (χ0n) is 16.1. The average molecular weight is 370 g/mol. The Morgan fingerprint density at radius 3 is 2.59 bits per heavy atom. The van der Waals surface area contributed by atoms with Gasteiger partial charge in [0.2, 0.25) is 11.8 Å². The van der Waals surface area contributed by atoms with Crippen molar-refractivity contribution in [2.45, 2.75) is 51.1 Å². The van der Waals surface area contributed by atoms with Gasteiger partial charge in [-0.15, -0.1) is 0 Å². The molecule has 3 heterocycles. The van der Waals surface area contributed by atoms with Crippen LogP contribution in [0.2, 0.25) is 0 Å². The molecule has 146 valence electrons. The Morgan fingerprint density at radius 1 is 1.04 bits per heavy atom. The number of amides is 2. The number of carbonyl (C=O) groups is 2. The molecule has 2 amide bonds. The molecule has 0 unspecified atom stereocenters. The first-order valence-corrected chi connectivity index (χ1v) is 10.4. The van der Waals surface area contributed by atoms with Crippen molar-refractivity contribution in [2.75, 3.05) is 32.7 Å². The molecule has 2 saturated heterocycles. The number of pyridine rings is 1. The Labute approximate surface area is 161 Å². The van der Waals surface area contributed by atoms with Crippen LogP contribution < -0.4 is 0 Å². The summed E-state index contributed by atoms with van der Waals surface area (Å²) in [5.41, 5.74) is 1.06. The van der Waals surface area contributed by atoms with Gasteiger partial charge in [0.05, 0.1) is 5.92 Å². The largest absolute Gasteiger partial charge is 0.341 e. The van der Waals surface area contributed by atoms with Crippen LogP contribution in [0.4, 0.5) is 0 Å². The molecule has 27 heavy (non-hydrogen) atoms. The molecule has 6 heteroatoms. The van der Waals surface area contributed by atoms with Crippen LogP contribution in [0.25, 0.3) is 0 Å². The maximum Gasteiger partial charge on any atom is 0.228 e. The van der Waals surface area contributed by atoms with Crippen molar-refractivity contribution < 1.29 is 9.59 Å². The molecule has 2 aliphatic heterocycles.